The monoisotopic (exact) mass is 206 g/mol. The molecule has 0 radical (unpaired) electrons. The molecule has 3 heteroatoms. The van der Waals surface area contributed by atoms with Crippen LogP contribution in [0.25, 0.3) is 10.6 Å². The van der Waals surface area contributed by atoms with Crippen LogP contribution in [0.15, 0.2) is 29.9 Å². The van der Waals surface area contributed by atoms with Gasteiger partial charge in [0, 0.05) is 29.0 Å². The van der Waals surface area contributed by atoms with E-state index in [0.29, 0.717) is 0 Å². The Morgan fingerprint density at radius 3 is 2.57 bits per heavy atom. The highest BCUT2D eigenvalue weighted by Gasteiger charge is 2.00. The Kier molecular flexibility index (Phi) is 4.26. The lowest BCUT2D eigenvalue weighted by Crippen LogP contribution is -1.77. The van der Waals surface area contributed by atoms with Crippen LogP contribution >= 0.6 is 11.3 Å². The zero-order valence-corrected chi connectivity index (χ0v) is 9.51. The van der Waals surface area contributed by atoms with Gasteiger partial charge < -0.3 is 0 Å². The maximum atomic E-state index is 4.36. The Hall–Kier alpha value is -1.22. The fourth-order valence-electron chi connectivity index (χ4n) is 0.976. The lowest BCUT2D eigenvalue weighted by Gasteiger charge is -1.91. The van der Waals surface area contributed by atoms with Crippen molar-refractivity contribution in [3.63, 3.8) is 0 Å². The third-order valence-corrected chi connectivity index (χ3v) is 2.54. The smallest absolute Gasteiger partial charge is 0.125 e. The van der Waals surface area contributed by atoms with Crippen molar-refractivity contribution in [2.75, 3.05) is 0 Å². The molecule has 0 fully saturated rings. The molecule has 2 aromatic heterocycles. The van der Waals surface area contributed by atoms with Crippen LogP contribution in [0.5, 0.6) is 0 Å². The van der Waals surface area contributed by atoms with Crippen molar-refractivity contribution in [1.29, 1.82) is 0 Å². The summed E-state index contributed by atoms with van der Waals surface area (Å²) in [4.78, 5) is 8.40. The minimum absolute atomic E-state index is 1.04. The average Bonchev–Trinajstić information content (AvgIpc) is 2.69. The molecule has 0 saturated carbocycles. The highest BCUT2D eigenvalue weighted by molar-refractivity contribution is 7.13. The minimum Gasteiger partial charge on any atom is -0.264 e. The lowest BCUT2D eigenvalue weighted by atomic mass is 10.3. The maximum Gasteiger partial charge on any atom is 0.125 e. The fraction of sp³-hybridized carbons (Fsp3) is 0.273. The van der Waals surface area contributed by atoms with Crippen LogP contribution in [0.3, 0.4) is 0 Å². The van der Waals surface area contributed by atoms with E-state index in [9.17, 15) is 0 Å². The van der Waals surface area contributed by atoms with E-state index in [1.165, 1.54) is 0 Å². The summed E-state index contributed by atoms with van der Waals surface area (Å²) in [5, 5.41) is 3.09. The van der Waals surface area contributed by atoms with E-state index in [2.05, 4.69) is 9.97 Å². The van der Waals surface area contributed by atoms with Gasteiger partial charge in [-0.15, -0.1) is 11.3 Å². The van der Waals surface area contributed by atoms with E-state index in [4.69, 9.17) is 0 Å². The van der Waals surface area contributed by atoms with Crippen LogP contribution in [-0.2, 0) is 0 Å². The number of aromatic nitrogens is 2. The van der Waals surface area contributed by atoms with Gasteiger partial charge in [-0.3, -0.25) is 4.98 Å². The first kappa shape index (κ1) is 10.9. The van der Waals surface area contributed by atoms with Gasteiger partial charge in [-0.05, 0) is 19.1 Å². The summed E-state index contributed by atoms with van der Waals surface area (Å²) in [7, 11) is 0. The summed E-state index contributed by atoms with van der Waals surface area (Å²) in [6, 6.07) is 3.94. The largest absolute Gasteiger partial charge is 0.264 e. The molecular formula is C11H14N2S. The van der Waals surface area contributed by atoms with Crippen molar-refractivity contribution in [1.82, 2.24) is 9.97 Å². The lowest BCUT2D eigenvalue weighted by molar-refractivity contribution is 1.25. The molecule has 0 N–H and O–H groups in total. The molecular weight excluding hydrogens is 192 g/mol. The van der Waals surface area contributed by atoms with Gasteiger partial charge in [0.1, 0.15) is 5.01 Å². The van der Waals surface area contributed by atoms with Crippen LogP contribution in [0, 0.1) is 6.92 Å². The quantitative estimate of drug-likeness (QED) is 0.713. The standard InChI is InChI=1S/C9H8N2S.C2H6/c1-7-6-12-9(11-7)8-3-2-4-10-5-8;1-2/h2-6H,1H3;1-2H3. The van der Waals surface area contributed by atoms with Crippen molar-refractivity contribution in [3.05, 3.63) is 35.6 Å². The van der Waals surface area contributed by atoms with Crippen LogP contribution in [0.4, 0.5) is 0 Å². The second-order valence-electron chi connectivity index (χ2n) is 2.54. The normalized spacial score (nSPS) is 9.07. The predicted molar refractivity (Wildman–Crippen MR) is 61.4 cm³/mol. The van der Waals surface area contributed by atoms with Crippen molar-refractivity contribution >= 4 is 11.3 Å². The van der Waals surface area contributed by atoms with E-state index >= 15 is 0 Å². The van der Waals surface area contributed by atoms with Gasteiger partial charge in [-0.1, -0.05) is 13.8 Å². The van der Waals surface area contributed by atoms with Crippen LogP contribution in [-0.4, -0.2) is 9.97 Å². The Morgan fingerprint density at radius 1 is 1.29 bits per heavy atom. The highest BCUT2D eigenvalue weighted by atomic mass is 32.1. The molecule has 0 spiro atoms. The van der Waals surface area contributed by atoms with Gasteiger partial charge in [-0.25, -0.2) is 4.98 Å². The molecule has 2 heterocycles. The molecule has 0 bridgehead atoms. The van der Waals surface area contributed by atoms with E-state index in [0.717, 1.165) is 16.3 Å². The molecule has 0 aromatic carbocycles. The van der Waals surface area contributed by atoms with Gasteiger partial charge in [0.05, 0.1) is 0 Å². The summed E-state index contributed by atoms with van der Waals surface area (Å²) >= 11 is 1.65. The zero-order valence-electron chi connectivity index (χ0n) is 8.69. The maximum absolute atomic E-state index is 4.36. The first-order chi connectivity index (χ1) is 6.86. The molecule has 14 heavy (non-hydrogen) atoms. The third-order valence-electron chi connectivity index (χ3n) is 1.53. The molecule has 74 valence electrons. The number of hydrogen-bond donors (Lipinski definition) is 0. The van der Waals surface area contributed by atoms with Crippen molar-refractivity contribution in [3.8, 4) is 10.6 Å². The summed E-state index contributed by atoms with van der Waals surface area (Å²) in [6.07, 6.45) is 3.60. The molecule has 2 rings (SSSR count). The highest BCUT2D eigenvalue weighted by Crippen LogP contribution is 2.21. The molecule has 0 saturated heterocycles. The predicted octanol–water partition coefficient (Wildman–Crippen LogP) is 3.54. The Balaban J connectivity index is 0.000000461. The molecule has 0 aliphatic rings. The first-order valence-electron chi connectivity index (χ1n) is 4.69. The molecule has 0 unspecified atom stereocenters. The number of aryl methyl sites for hydroxylation is 1. The van der Waals surface area contributed by atoms with E-state index in [-0.39, 0.29) is 0 Å². The topological polar surface area (TPSA) is 25.8 Å². The van der Waals surface area contributed by atoms with Crippen molar-refractivity contribution < 1.29 is 0 Å². The van der Waals surface area contributed by atoms with Crippen LogP contribution in [0.1, 0.15) is 19.5 Å². The second-order valence-corrected chi connectivity index (χ2v) is 3.39. The summed E-state index contributed by atoms with van der Waals surface area (Å²) < 4.78 is 0. The van der Waals surface area contributed by atoms with Crippen molar-refractivity contribution in [2.24, 2.45) is 0 Å². The van der Waals surface area contributed by atoms with Gasteiger partial charge in [-0.2, -0.15) is 0 Å². The minimum atomic E-state index is 1.04. The Bertz CT molecular complexity index is 368. The van der Waals surface area contributed by atoms with E-state index in [1.54, 1.807) is 17.5 Å². The molecule has 2 nitrogen and oxygen atoms in total. The van der Waals surface area contributed by atoms with E-state index < -0.39 is 0 Å². The number of hydrogen-bond acceptors (Lipinski definition) is 3. The van der Waals surface area contributed by atoms with Crippen molar-refractivity contribution in [2.45, 2.75) is 20.8 Å². The van der Waals surface area contributed by atoms with Crippen LogP contribution in [0.2, 0.25) is 0 Å². The summed E-state index contributed by atoms with van der Waals surface area (Å²) in [5.74, 6) is 0. The molecule has 0 amide bonds. The molecule has 0 atom stereocenters. The Labute approximate surface area is 88.7 Å². The van der Waals surface area contributed by atoms with Gasteiger partial charge in [0.2, 0.25) is 0 Å². The molecule has 2 aromatic rings. The number of pyridine rings is 1. The Morgan fingerprint density at radius 2 is 2.07 bits per heavy atom. The second kappa shape index (κ2) is 5.50. The zero-order chi connectivity index (χ0) is 10.4. The van der Waals surface area contributed by atoms with Gasteiger partial charge in [0.15, 0.2) is 0 Å². The van der Waals surface area contributed by atoms with Gasteiger partial charge in [0.25, 0.3) is 0 Å². The molecule has 0 aliphatic heterocycles. The third kappa shape index (κ3) is 2.64. The van der Waals surface area contributed by atoms with Gasteiger partial charge >= 0.3 is 0 Å². The summed E-state index contributed by atoms with van der Waals surface area (Å²) in [6.45, 7) is 6.00. The van der Waals surface area contributed by atoms with Crippen LogP contribution < -0.4 is 0 Å². The van der Waals surface area contributed by atoms with E-state index in [1.807, 2.05) is 44.5 Å². The number of nitrogens with zero attached hydrogens (tertiary/aromatic N) is 2. The summed E-state index contributed by atoms with van der Waals surface area (Å²) in [5.41, 5.74) is 2.16. The fourth-order valence-corrected chi connectivity index (χ4v) is 1.76. The number of thiazole rings is 1. The number of rotatable bonds is 1. The average molecular weight is 206 g/mol. The first-order valence-corrected chi connectivity index (χ1v) is 5.57. The molecule has 0 aliphatic carbocycles. The SMILES string of the molecule is CC.Cc1csc(-c2cccnc2)n1.